The van der Waals surface area contributed by atoms with Gasteiger partial charge in [-0.3, -0.25) is 10.1 Å². The van der Waals surface area contributed by atoms with Crippen LogP contribution in [0.5, 0.6) is 0 Å². The summed E-state index contributed by atoms with van der Waals surface area (Å²) in [6.45, 7) is -0.941. The predicted octanol–water partition coefficient (Wildman–Crippen LogP) is -3.60. The van der Waals surface area contributed by atoms with Crippen molar-refractivity contribution in [3.05, 3.63) is 28.4 Å². The quantitative estimate of drug-likeness (QED) is 0.280. The number of H-pyrrole nitrogens is 2. The highest BCUT2D eigenvalue weighted by atomic mass is 16.4. The molecule has 0 aliphatic carbocycles. The average Bonchev–Trinajstić information content (AvgIpc) is 2.97. The van der Waals surface area contributed by atoms with E-state index in [4.69, 9.17) is 5.11 Å². The van der Waals surface area contributed by atoms with E-state index in [1.54, 1.807) is 0 Å². The molecule has 0 amide bonds. The third-order valence-corrected chi connectivity index (χ3v) is 3.74. The Kier molecular flexibility index (Phi) is 2.92. The van der Waals surface area contributed by atoms with Gasteiger partial charge < -0.3 is 35.5 Å². The Morgan fingerprint density at radius 1 is 1.24 bits per heavy atom. The molecule has 10 nitrogen and oxygen atoms in total. The fraction of sp³-hybridized carbons (Fsp3) is 0.455. The Labute approximate surface area is 116 Å². The molecule has 2 aromatic heterocycles. The molecule has 0 saturated carbocycles. The van der Waals surface area contributed by atoms with Crippen LogP contribution in [-0.2, 0) is 5.72 Å². The maximum Gasteiger partial charge on any atom is 0.275 e. The van der Waals surface area contributed by atoms with Crippen molar-refractivity contribution in [3.63, 3.8) is 0 Å². The van der Waals surface area contributed by atoms with E-state index < -0.39 is 35.8 Å². The summed E-state index contributed by atoms with van der Waals surface area (Å²) in [5.74, 6) is 0. The lowest BCUT2D eigenvalue weighted by Crippen LogP contribution is -2.54. The highest BCUT2D eigenvalue weighted by Crippen LogP contribution is 2.37. The number of nitrogens with zero attached hydrogens (tertiary/aromatic N) is 1. The SMILES string of the molecule is O=c1[nH]cnc2c(C3(O)N[C@@](O)(CO)[C@@H](O)[C@H]3O)c[nH]c12. The molecule has 2 aromatic rings. The zero-order valence-corrected chi connectivity index (χ0v) is 10.6. The van der Waals surface area contributed by atoms with Crippen LogP contribution in [0.15, 0.2) is 17.3 Å². The van der Waals surface area contributed by atoms with Crippen molar-refractivity contribution in [2.45, 2.75) is 23.7 Å². The van der Waals surface area contributed by atoms with Gasteiger partial charge in [-0.1, -0.05) is 0 Å². The van der Waals surface area contributed by atoms with E-state index in [-0.39, 0.29) is 16.6 Å². The minimum absolute atomic E-state index is 0.0421. The van der Waals surface area contributed by atoms with Crippen LogP contribution in [0.4, 0.5) is 0 Å². The highest BCUT2D eigenvalue weighted by Gasteiger charge is 2.60. The maximum atomic E-state index is 11.6. The third-order valence-electron chi connectivity index (χ3n) is 3.74. The van der Waals surface area contributed by atoms with Crippen LogP contribution in [0.3, 0.4) is 0 Å². The number of hydrogen-bond donors (Lipinski definition) is 8. The Balaban J connectivity index is 2.18. The molecule has 21 heavy (non-hydrogen) atoms. The van der Waals surface area contributed by atoms with Crippen LogP contribution in [-0.4, -0.2) is 65.0 Å². The van der Waals surface area contributed by atoms with Crippen LogP contribution < -0.4 is 10.9 Å². The van der Waals surface area contributed by atoms with Crippen molar-refractivity contribution in [1.82, 2.24) is 20.3 Å². The third kappa shape index (κ3) is 1.75. The lowest BCUT2D eigenvalue weighted by atomic mass is 9.98. The Bertz CT molecular complexity index is 744. The lowest BCUT2D eigenvalue weighted by molar-refractivity contribution is -0.121. The highest BCUT2D eigenvalue weighted by molar-refractivity contribution is 5.78. The second kappa shape index (κ2) is 4.34. The molecule has 1 unspecified atom stereocenters. The molecule has 1 aliphatic rings. The van der Waals surface area contributed by atoms with Gasteiger partial charge in [-0.25, -0.2) is 4.98 Å². The van der Waals surface area contributed by atoms with Crippen LogP contribution in [0.1, 0.15) is 5.56 Å². The summed E-state index contributed by atoms with van der Waals surface area (Å²) in [6, 6.07) is 0. The molecule has 0 bridgehead atoms. The topological polar surface area (TPSA) is 175 Å². The lowest BCUT2D eigenvalue weighted by Gasteiger charge is -2.27. The number of aromatic amines is 2. The van der Waals surface area contributed by atoms with E-state index in [0.29, 0.717) is 0 Å². The van der Waals surface area contributed by atoms with Gasteiger partial charge in [0.2, 0.25) is 0 Å². The first kappa shape index (κ1) is 14.1. The molecule has 0 spiro atoms. The van der Waals surface area contributed by atoms with Gasteiger partial charge in [-0.15, -0.1) is 0 Å². The fourth-order valence-corrected chi connectivity index (χ4v) is 2.57. The van der Waals surface area contributed by atoms with Crippen LogP contribution in [0.2, 0.25) is 0 Å². The van der Waals surface area contributed by atoms with Crippen molar-refractivity contribution in [2.75, 3.05) is 6.61 Å². The van der Waals surface area contributed by atoms with Gasteiger partial charge in [-0.05, 0) is 0 Å². The molecule has 0 radical (unpaired) electrons. The molecule has 0 aromatic carbocycles. The summed E-state index contributed by atoms with van der Waals surface area (Å²) in [5.41, 5.74) is -5.00. The Morgan fingerprint density at radius 2 is 1.95 bits per heavy atom. The predicted molar refractivity (Wildman–Crippen MR) is 67.8 cm³/mol. The molecular weight excluding hydrogens is 284 g/mol. The van der Waals surface area contributed by atoms with Crippen molar-refractivity contribution >= 4 is 11.0 Å². The number of nitrogens with one attached hydrogen (secondary N) is 3. The number of aliphatic hydroxyl groups is 5. The molecule has 1 saturated heterocycles. The largest absolute Gasteiger partial charge is 0.392 e. The van der Waals surface area contributed by atoms with Crippen molar-refractivity contribution < 1.29 is 25.5 Å². The van der Waals surface area contributed by atoms with Crippen molar-refractivity contribution in [2.24, 2.45) is 0 Å². The average molecular weight is 298 g/mol. The van der Waals surface area contributed by atoms with Gasteiger partial charge in [0.1, 0.15) is 23.2 Å². The first-order valence-electron chi connectivity index (χ1n) is 6.10. The van der Waals surface area contributed by atoms with Gasteiger partial charge >= 0.3 is 0 Å². The molecule has 4 atom stereocenters. The van der Waals surface area contributed by atoms with Gasteiger partial charge in [0.25, 0.3) is 5.56 Å². The van der Waals surface area contributed by atoms with Crippen molar-refractivity contribution in [1.29, 1.82) is 0 Å². The van der Waals surface area contributed by atoms with E-state index in [2.05, 4.69) is 20.3 Å². The molecule has 3 heterocycles. The Morgan fingerprint density at radius 3 is 2.57 bits per heavy atom. The number of hydrogen-bond acceptors (Lipinski definition) is 8. The summed E-state index contributed by atoms with van der Waals surface area (Å²) in [6.07, 6.45) is -1.37. The smallest absolute Gasteiger partial charge is 0.275 e. The van der Waals surface area contributed by atoms with Gasteiger partial charge in [0.15, 0.2) is 11.4 Å². The first-order valence-corrected chi connectivity index (χ1v) is 6.10. The fourth-order valence-electron chi connectivity index (χ4n) is 2.57. The molecule has 1 fully saturated rings. The second-order valence-electron chi connectivity index (χ2n) is 5.02. The van der Waals surface area contributed by atoms with E-state index in [9.17, 15) is 25.2 Å². The van der Waals surface area contributed by atoms with Crippen molar-refractivity contribution in [3.8, 4) is 0 Å². The van der Waals surface area contributed by atoms with Crippen LogP contribution in [0, 0.1) is 0 Å². The molecular formula is C11H14N4O6. The number of fused-ring (bicyclic) bond motifs is 1. The molecule has 114 valence electrons. The number of rotatable bonds is 2. The number of aliphatic hydroxyl groups excluding tert-OH is 3. The zero-order chi connectivity index (χ0) is 15.4. The summed E-state index contributed by atoms with van der Waals surface area (Å²) in [4.78, 5) is 20.4. The van der Waals surface area contributed by atoms with E-state index in [0.717, 1.165) is 6.33 Å². The minimum Gasteiger partial charge on any atom is -0.392 e. The van der Waals surface area contributed by atoms with E-state index in [1.165, 1.54) is 6.20 Å². The van der Waals surface area contributed by atoms with Gasteiger partial charge in [-0.2, -0.15) is 0 Å². The zero-order valence-electron chi connectivity index (χ0n) is 10.6. The summed E-state index contributed by atoms with van der Waals surface area (Å²) < 4.78 is 0. The monoisotopic (exact) mass is 298 g/mol. The molecule has 1 aliphatic heterocycles. The van der Waals surface area contributed by atoms with Gasteiger partial charge in [0.05, 0.1) is 12.9 Å². The summed E-state index contributed by atoms with van der Waals surface area (Å²) >= 11 is 0. The second-order valence-corrected chi connectivity index (χ2v) is 5.02. The first-order chi connectivity index (χ1) is 9.83. The van der Waals surface area contributed by atoms with E-state index in [1.807, 2.05) is 0 Å². The minimum atomic E-state index is -2.30. The Hall–Kier alpha value is -1.82. The van der Waals surface area contributed by atoms with Crippen LogP contribution in [0.25, 0.3) is 11.0 Å². The summed E-state index contributed by atoms with van der Waals surface area (Å²) in [7, 11) is 0. The van der Waals surface area contributed by atoms with Gasteiger partial charge in [0, 0.05) is 11.8 Å². The van der Waals surface area contributed by atoms with E-state index >= 15 is 0 Å². The molecule has 10 heteroatoms. The summed E-state index contributed by atoms with van der Waals surface area (Å²) in [5, 5.41) is 51.7. The maximum absolute atomic E-state index is 11.6. The molecule has 8 N–H and O–H groups in total. The standard InChI is InChI=1S/C11H14N4O6/c16-2-10(20)7(17)8(18)11(21,15-10)4-1-12-6-5(4)13-3-14-9(6)19/h1,3,7-8,12,15-18,20-21H,2H2,(H,13,14,19)/t7-,8+,10+,11?/m0/s1. The normalized spacial score (nSPS) is 36.4. The number of aromatic nitrogens is 3. The van der Waals surface area contributed by atoms with Crippen LogP contribution >= 0.6 is 0 Å². The molecule has 3 rings (SSSR count).